The number of primary amides is 1. The van der Waals surface area contributed by atoms with Gasteiger partial charge in [-0.2, -0.15) is 0 Å². The van der Waals surface area contributed by atoms with Crippen LogP contribution in [0.5, 0.6) is 0 Å². The zero-order valence-corrected chi connectivity index (χ0v) is 15.4. The minimum Gasteiger partial charge on any atom is -0.366 e. The van der Waals surface area contributed by atoms with Gasteiger partial charge in [0.05, 0.1) is 0 Å². The molecule has 0 saturated carbocycles. The number of thioether (sulfide) groups is 1. The summed E-state index contributed by atoms with van der Waals surface area (Å²) in [6, 6.07) is 15.5. The minimum atomic E-state index is -0.423. The van der Waals surface area contributed by atoms with Gasteiger partial charge >= 0.3 is 0 Å². The lowest BCUT2D eigenvalue weighted by atomic mass is 10.1. The van der Waals surface area contributed by atoms with Crippen LogP contribution in [-0.2, 0) is 12.3 Å². The third kappa shape index (κ3) is 4.03. The average molecular weight is 364 g/mol. The first kappa shape index (κ1) is 17.9. The molecule has 0 spiro atoms. The fourth-order valence-electron chi connectivity index (χ4n) is 2.57. The largest absolute Gasteiger partial charge is 0.366 e. The number of carbonyl (C=O) groups excluding carboxylic acids is 1. The van der Waals surface area contributed by atoms with Crippen LogP contribution in [0.2, 0.25) is 0 Å². The lowest BCUT2D eigenvalue weighted by Gasteiger charge is -2.08. The van der Waals surface area contributed by atoms with Crippen LogP contribution in [0.25, 0.3) is 11.4 Å². The second-order valence-electron chi connectivity index (χ2n) is 5.92. The van der Waals surface area contributed by atoms with Crippen LogP contribution in [0, 0.1) is 6.92 Å². The molecule has 0 aliphatic heterocycles. The summed E-state index contributed by atoms with van der Waals surface area (Å²) in [6.07, 6.45) is 1.83. The normalized spacial score (nSPS) is 10.7. The van der Waals surface area contributed by atoms with Gasteiger partial charge in [-0.1, -0.05) is 59.8 Å². The predicted octanol–water partition coefficient (Wildman–Crippen LogP) is 3.83. The lowest BCUT2D eigenvalue weighted by Crippen LogP contribution is -2.10. The molecule has 0 unspecified atom stereocenters. The number of nitrogens with two attached hydrogens (primary N) is 1. The van der Waals surface area contributed by atoms with Gasteiger partial charge in [-0.05, 0) is 24.6 Å². The lowest BCUT2D eigenvalue weighted by molar-refractivity contribution is 0.1000. The van der Waals surface area contributed by atoms with Crippen LogP contribution < -0.4 is 5.73 Å². The highest BCUT2D eigenvalue weighted by Gasteiger charge is 2.14. The number of allylic oxidation sites excluding steroid dienone is 1. The van der Waals surface area contributed by atoms with E-state index in [0.29, 0.717) is 17.9 Å². The van der Waals surface area contributed by atoms with Crippen molar-refractivity contribution in [2.24, 2.45) is 5.73 Å². The molecule has 3 rings (SSSR count). The van der Waals surface area contributed by atoms with E-state index in [9.17, 15) is 4.79 Å². The van der Waals surface area contributed by atoms with Crippen LogP contribution in [0.15, 0.2) is 66.3 Å². The van der Waals surface area contributed by atoms with Crippen LogP contribution in [-0.4, -0.2) is 20.7 Å². The van der Waals surface area contributed by atoms with Crippen molar-refractivity contribution in [2.45, 2.75) is 24.4 Å². The monoisotopic (exact) mass is 364 g/mol. The van der Waals surface area contributed by atoms with E-state index in [0.717, 1.165) is 22.1 Å². The van der Waals surface area contributed by atoms with Crippen molar-refractivity contribution in [1.82, 2.24) is 14.8 Å². The van der Waals surface area contributed by atoms with Crippen LogP contribution in [0.3, 0.4) is 0 Å². The smallest absolute Gasteiger partial charge is 0.248 e. The second kappa shape index (κ2) is 8.01. The molecule has 1 aromatic heterocycles. The van der Waals surface area contributed by atoms with Crippen molar-refractivity contribution in [3.05, 3.63) is 77.9 Å². The van der Waals surface area contributed by atoms with E-state index in [1.165, 1.54) is 5.56 Å². The predicted molar refractivity (Wildman–Crippen MR) is 105 cm³/mol. The number of hydrogen-bond acceptors (Lipinski definition) is 4. The fourth-order valence-corrected chi connectivity index (χ4v) is 3.46. The summed E-state index contributed by atoms with van der Waals surface area (Å²) in [4.78, 5) is 11.3. The highest BCUT2D eigenvalue weighted by atomic mass is 32.2. The number of aryl methyl sites for hydroxylation is 1. The summed E-state index contributed by atoms with van der Waals surface area (Å²) in [5.74, 6) is 1.07. The van der Waals surface area contributed by atoms with Gasteiger partial charge < -0.3 is 5.73 Å². The van der Waals surface area contributed by atoms with Crippen molar-refractivity contribution in [3.63, 3.8) is 0 Å². The molecule has 26 heavy (non-hydrogen) atoms. The SMILES string of the molecule is C=CCn1c(SCc2cccc(C(N)=O)c2)nnc1-c1ccc(C)cc1. The summed E-state index contributed by atoms with van der Waals surface area (Å²) in [5.41, 5.74) is 9.09. The van der Waals surface area contributed by atoms with Crippen molar-refractivity contribution in [2.75, 3.05) is 0 Å². The average Bonchev–Trinajstić information content (AvgIpc) is 3.04. The van der Waals surface area contributed by atoms with Crippen molar-refractivity contribution in [1.29, 1.82) is 0 Å². The first-order chi connectivity index (χ1) is 12.6. The fraction of sp³-hybridized carbons (Fsp3) is 0.150. The molecule has 1 amide bonds. The second-order valence-corrected chi connectivity index (χ2v) is 6.87. The van der Waals surface area contributed by atoms with Gasteiger partial charge in [0.2, 0.25) is 5.91 Å². The molecule has 0 radical (unpaired) electrons. The van der Waals surface area contributed by atoms with Crippen molar-refractivity contribution in [3.8, 4) is 11.4 Å². The minimum absolute atomic E-state index is 0.423. The van der Waals surface area contributed by atoms with E-state index in [4.69, 9.17) is 5.73 Å². The Balaban J connectivity index is 1.84. The summed E-state index contributed by atoms with van der Waals surface area (Å²) in [6.45, 7) is 6.52. The molecule has 0 aliphatic carbocycles. The number of benzene rings is 2. The van der Waals surface area contributed by atoms with Gasteiger partial charge in [0, 0.05) is 23.4 Å². The number of hydrogen-bond donors (Lipinski definition) is 1. The van der Waals surface area contributed by atoms with E-state index in [1.54, 1.807) is 17.8 Å². The molecular formula is C20H20N4OS. The summed E-state index contributed by atoms with van der Waals surface area (Å²) in [7, 11) is 0. The molecule has 1 heterocycles. The Morgan fingerprint density at radius 1 is 1.23 bits per heavy atom. The van der Waals surface area contributed by atoms with E-state index < -0.39 is 5.91 Å². The van der Waals surface area contributed by atoms with Crippen molar-refractivity contribution >= 4 is 17.7 Å². The molecule has 0 atom stereocenters. The van der Waals surface area contributed by atoms with Crippen molar-refractivity contribution < 1.29 is 4.79 Å². The summed E-state index contributed by atoms with van der Waals surface area (Å²) in [5, 5.41) is 9.52. The number of carbonyl (C=O) groups is 1. The third-order valence-corrected chi connectivity index (χ3v) is 4.96. The number of aromatic nitrogens is 3. The standard InChI is InChI=1S/C20H20N4OS/c1-3-11-24-19(16-9-7-14(2)8-10-16)22-23-20(24)26-13-15-5-4-6-17(12-15)18(21)25/h3-10,12H,1,11,13H2,2H3,(H2,21,25). The Morgan fingerprint density at radius 2 is 2.00 bits per heavy atom. The Morgan fingerprint density at radius 3 is 2.69 bits per heavy atom. The molecular weight excluding hydrogens is 344 g/mol. The molecule has 132 valence electrons. The molecule has 0 aliphatic rings. The molecule has 0 bridgehead atoms. The maximum atomic E-state index is 11.3. The van der Waals surface area contributed by atoms with Gasteiger partial charge in [0.25, 0.3) is 0 Å². The topological polar surface area (TPSA) is 73.8 Å². The molecule has 6 heteroatoms. The molecule has 0 saturated heterocycles. The maximum absolute atomic E-state index is 11.3. The van der Waals surface area contributed by atoms with E-state index in [1.807, 2.05) is 41.0 Å². The Labute approximate surface area is 156 Å². The zero-order chi connectivity index (χ0) is 18.5. The third-order valence-electron chi connectivity index (χ3n) is 3.92. The Hall–Kier alpha value is -2.86. The molecule has 2 N–H and O–H groups in total. The highest BCUT2D eigenvalue weighted by Crippen LogP contribution is 2.27. The zero-order valence-electron chi connectivity index (χ0n) is 14.6. The van der Waals surface area contributed by atoms with Crippen LogP contribution >= 0.6 is 11.8 Å². The van der Waals surface area contributed by atoms with Crippen LogP contribution in [0.4, 0.5) is 0 Å². The summed E-state index contributed by atoms with van der Waals surface area (Å²) >= 11 is 1.57. The molecule has 2 aromatic carbocycles. The molecule has 3 aromatic rings. The molecule has 5 nitrogen and oxygen atoms in total. The van der Waals surface area contributed by atoms with Gasteiger partial charge in [0.15, 0.2) is 11.0 Å². The van der Waals surface area contributed by atoms with Gasteiger partial charge in [0.1, 0.15) is 0 Å². The Bertz CT molecular complexity index is 931. The molecule has 0 fully saturated rings. The number of nitrogens with zero attached hydrogens (tertiary/aromatic N) is 3. The number of rotatable bonds is 7. The van der Waals surface area contributed by atoms with Gasteiger partial charge in [-0.15, -0.1) is 16.8 Å². The quantitative estimate of drug-likeness (QED) is 0.511. The number of amides is 1. The first-order valence-corrected chi connectivity index (χ1v) is 9.19. The van der Waals surface area contributed by atoms with E-state index >= 15 is 0 Å². The maximum Gasteiger partial charge on any atom is 0.248 e. The van der Waals surface area contributed by atoms with Gasteiger partial charge in [-0.25, -0.2) is 0 Å². The van der Waals surface area contributed by atoms with Gasteiger partial charge in [-0.3, -0.25) is 9.36 Å². The highest BCUT2D eigenvalue weighted by molar-refractivity contribution is 7.98. The Kier molecular flexibility index (Phi) is 5.53. The van der Waals surface area contributed by atoms with Crippen LogP contribution in [0.1, 0.15) is 21.5 Å². The van der Waals surface area contributed by atoms with E-state index in [-0.39, 0.29) is 0 Å². The first-order valence-electron chi connectivity index (χ1n) is 8.21. The van der Waals surface area contributed by atoms with E-state index in [2.05, 4.69) is 35.8 Å². The summed E-state index contributed by atoms with van der Waals surface area (Å²) < 4.78 is 2.04.